The summed E-state index contributed by atoms with van der Waals surface area (Å²) in [4.78, 5) is 13.1. The molecule has 2 aromatic carbocycles. The number of nitrogens with one attached hydrogen (secondary N) is 1. The standard InChI is InChI=1S/C22H27NO3/c1-21(2,3)16-8-6-7-9-17(16)23-20(24)22(12-13-22)15-10-11-18(25-4)19(14-15)26-5/h6-11,14H,12-13H2,1-5H3,(H,23,24). The van der Waals surface area contributed by atoms with Gasteiger partial charge in [0.2, 0.25) is 5.91 Å². The summed E-state index contributed by atoms with van der Waals surface area (Å²) in [5.74, 6) is 1.37. The van der Waals surface area contributed by atoms with Crippen molar-refractivity contribution >= 4 is 11.6 Å². The van der Waals surface area contributed by atoms with E-state index in [2.05, 4.69) is 32.2 Å². The van der Waals surface area contributed by atoms with E-state index in [4.69, 9.17) is 9.47 Å². The Hall–Kier alpha value is -2.49. The minimum Gasteiger partial charge on any atom is -0.493 e. The first-order chi connectivity index (χ1) is 12.3. The van der Waals surface area contributed by atoms with Crippen LogP contribution in [-0.2, 0) is 15.6 Å². The van der Waals surface area contributed by atoms with Crippen molar-refractivity contribution in [1.29, 1.82) is 0 Å². The Balaban J connectivity index is 1.90. The molecule has 1 aliphatic rings. The van der Waals surface area contributed by atoms with Gasteiger partial charge in [-0.15, -0.1) is 0 Å². The summed E-state index contributed by atoms with van der Waals surface area (Å²) in [5.41, 5.74) is 2.48. The maximum absolute atomic E-state index is 13.1. The molecule has 3 rings (SSSR count). The van der Waals surface area contributed by atoms with Gasteiger partial charge in [-0.25, -0.2) is 0 Å². The van der Waals surface area contributed by atoms with Crippen molar-refractivity contribution in [2.45, 2.75) is 44.4 Å². The van der Waals surface area contributed by atoms with Gasteiger partial charge in [0, 0.05) is 5.69 Å². The quantitative estimate of drug-likeness (QED) is 0.849. The summed E-state index contributed by atoms with van der Waals surface area (Å²) in [7, 11) is 3.22. The number of benzene rings is 2. The lowest BCUT2D eigenvalue weighted by Gasteiger charge is -2.24. The molecule has 1 saturated carbocycles. The predicted molar refractivity (Wildman–Crippen MR) is 104 cm³/mol. The van der Waals surface area contributed by atoms with Gasteiger partial charge >= 0.3 is 0 Å². The predicted octanol–water partition coefficient (Wildman–Crippen LogP) is 4.67. The minimum absolute atomic E-state index is 0.0378. The fraction of sp³-hybridized carbons (Fsp3) is 0.409. The number of hydrogen-bond acceptors (Lipinski definition) is 3. The first kappa shape index (κ1) is 18.3. The number of hydrogen-bond donors (Lipinski definition) is 1. The number of ether oxygens (including phenoxy) is 2. The van der Waals surface area contributed by atoms with Crippen LogP contribution in [0.1, 0.15) is 44.7 Å². The summed E-state index contributed by atoms with van der Waals surface area (Å²) in [6.07, 6.45) is 1.68. The van der Waals surface area contributed by atoms with E-state index in [1.807, 2.05) is 36.4 Å². The van der Waals surface area contributed by atoms with E-state index in [0.29, 0.717) is 11.5 Å². The molecule has 4 nitrogen and oxygen atoms in total. The molecule has 0 aliphatic heterocycles. The van der Waals surface area contributed by atoms with E-state index in [0.717, 1.165) is 29.7 Å². The number of amides is 1. The third kappa shape index (κ3) is 3.28. The van der Waals surface area contributed by atoms with Crippen LogP contribution in [0.3, 0.4) is 0 Å². The number of para-hydroxylation sites is 1. The fourth-order valence-corrected chi connectivity index (χ4v) is 3.39. The van der Waals surface area contributed by atoms with Gasteiger partial charge in [0.15, 0.2) is 11.5 Å². The van der Waals surface area contributed by atoms with Gasteiger partial charge in [0.25, 0.3) is 0 Å². The SMILES string of the molecule is COc1ccc(C2(C(=O)Nc3ccccc3C(C)(C)C)CC2)cc1OC. The monoisotopic (exact) mass is 353 g/mol. The summed E-state index contributed by atoms with van der Waals surface area (Å²) in [6, 6.07) is 13.8. The molecule has 0 spiro atoms. The highest BCUT2D eigenvalue weighted by atomic mass is 16.5. The molecule has 26 heavy (non-hydrogen) atoms. The Morgan fingerprint density at radius 1 is 1.00 bits per heavy atom. The maximum atomic E-state index is 13.1. The normalized spacial score (nSPS) is 15.3. The van der Waals surface area contributed by atoms with Gasteiger partial charge in [0.1, 0.15) is 0 Å². The van der Waals surface area contributed by atoms with Crippen LogP contribution in [0.4, 0.5) is 5.69 Å². The van der Waals surface area contributed by atoms with Gasteiger partial charge in [-0.3, -0.25) is 4.79 Å². The van der Waals surface area contributed by atoms with E-state index >= 15 is 0 Å². The van der Waals surface area contributed by atoms with Gasteiger partial charge in [-0.1, -0.05) is 45.0 Å². The number of methoxy groups -OCH3 is 2. The van der Waals surface area contributed by atoms with Crippen LogP contribution in [0.5, 0.6) is 11.5 Å². The molecule has 0 saturated heterocycles. The maximum Gasteiger partial charge on any atom is 0.235 e. The van der Waals surface area contributed by atoms with Crippen molar-refractivity contribution in [1.82, 2.24) is 0 Å². The van der Waals surface area contributed by atoms with Crippen molar-refractivity contribution in [3.05, 3.63) is 53.6 Å². The van der Waals surface area contributed by atoms with Gasteiger partial charge in [0.05, 0.1) is 19.6 Å². The van der Waals surface area contributed by atoms with Crippen LogP contribution in [0.2, 0.25) is 0 Å². The molecule has 0 radical (unpaired) electrons. The second-order valence-corrected chi connectivity index (χ2v) is 7.90. The summed E-state index contributed by atoms with van der Waals surface area (Å²) < 4.78 is 10.7. The molecule has 0 unspecified atom stereocenters. The van der Waals surface area contributed by atoms with Crippen molar-refractivity contribution in [3.63, 3.8) is 0 Å². The van der Waals surface area contributed by atoms with Crippen LogP contribution in [0, 0.1) is 0 Å². The fourth-order valence-electron chi connectivity index (χ4n) is 3.39. The zero-order chi connectivity index (χ0) is 18.9. The molecule has 0 atom stereocenters. The molecule has 0 aromatic heterocycles. The Labute approximate surface area is 155 Å². The smallest absolute Gasteiger partial charge is 0.235 e. The van der Waals surface area contributed by atoms with E-state index in [9.17, 15) is 4.79 Å². The van der Waals surface area contributed by atoms with Crippen molar-refractivity contribution in [2.24, 2.45) is 0 Å². The zero-order valence-corrected chi connectivity index (χ0v) is 16.2. The minimum atomic E-state index is -0.482. The molecule has 2 aromatic rings. The molecule has 4 heteroatoms. The van der Waals surface area contributed by atoms with Crippen molar-refractivity contribution < 1.29 is 14.3 Å². The number of carbonyl (C=O) groups is 1. The second kappa shape index (κ2) is 6.67. The average Bonchev–Trinajstić information content (AvgIpc) is 3.42. The lowest BCUT2D eigenvalue weighted by Crippen LogP contribution is -2.29. The summed E-state index contributed by atoms with van der Waals surface area (Å²) >= 11 is 0. The third-order valence-electron chi connectivity index (χ3n) is 5.10. The molecule has 1 fully saturated rings. The highest BCUT2D eigenvalue weighted by Gasteiger charge is 2.51. The topological polar surface area (TPSA) is 47.6 Å². The number of carbonyl (C=O) groups excluding carboxylic acids is 1. The third-order valence-corrected chi connectivity index (χ3v) is 5.10. The van der Waals surface area contributed by atoms with E-state index in [1.54, 1.807) is 14.2 Å². The molecule has 1 N–H and O–H groups in total. The average molecular weight is 353 g/mol. The van der Waals surface area contributed by atoms with Gasteiger partial charge in [-0.2, -0.15) is 0 Å². The van der Waals surface area contributed by atoms with Crippen LogP contribution in [0.25, 0.3) is 0 Å². The molecular formula is C22H27NO3. The summed E-state index contributed by atoms with van der Waals surface area (Å²) in [6.45, 7) is 6.46. The molecule has 138 valence electrons. The van der Waals surface area contributed by atoms with Crippen LogP contribution in [-0.4, -0.2) is 20.1 Å². The molecule has 1 amide bonds. The lowest BCUT2D eigenvalue weighted by atomic mass is 9.85. The zero-order valence-electron chi connectivity index (χ0n) is 16.2. The van der Waals surface area contributed by atoms with Crippen molar-refractivity contribution in [2.75, 3.05) is 19.5 Å². The second-order valence-electron chi connectivity index (χ2n) is 7.90. The molecular weight excluding hydrogens is 326 g/mol. The Morgan fingerprint density at radius 3 is 2.23 bits per heavy atom. The Kier molecular flexibility index (Phi) is 4.70. The molecule has 0 bridgehead atoms. The number of rotatable bonds is 5. The first-order valence-corrected chi connectivity index (χ1v) is 8.95. The van der Waals surface area contributed by atoms with Crippen LogP contribution >= 0.6 is 0 Å². The highest BCUT2D eigenvalue weighted by molar-refractivity contribution is 6.02. The van der Waals surface area contributed by atoms with Crippen LogP contribution in [0.15, 0.2) is 42.5 Å². The van der Waals surface area contributed by atoms with E-state index in [-0.39, 0.29) is 11.3 Å². The van der Waals surface area contributed by atoms with Crippen LogP contribution < -0.4 is 14.8 Å². The summed E-state index contributed by atoms with van der Waals surface area (Å²) in [5, 5.41) is 3.17. The largest absolute Gasteiger partial charge is 0.493 e. The molecule has 0 heterocycles. The first-order valence-electron chi connectivity index (χ1n) is 8.95. The molecule has 1 aliphatic carbocycles. The van der Waals surface area contributed by atoms with E-state index < -0.39 is 5.41 Å². The highest BCUT2D eigenvalue weighted by Crippen LogP contribution is 2.50. The Morgan fingerprint density at radius 2 is 1.65 bits per heavy atom. The van der Waals surface area contributed by atoms with Gasteiger partial charge in [-0.05, 0) is 47.6 Å². The van der Waals surface area contributed by atoms with Crippen molar-refractivity contribution in [3.8, 4) is 11.5 Å². The number of anilines is 1. The van der Waals surface area contributed by atoms with Gasteiger partial charge < -0.3 is 14.8 Å². The van der Waals surface area contributed by atoms with E-state index in [1.165, 1.54) is 0 Å². The lowest BCUT2D eigenvalue weighted by molar-refractivity contribution is -0.118. The Bertz CT molecular complexity index is 816.